The highest BCUT2D eigenvalue weighted by Gasteiger charge is 2.30. The highest BCUT2D eigenvalue weighted by atomic mass is 32.2. The highest BCUT2D eigenvalue weighted by Crippen LogP contribution is 2.30. The van der Waals surface area contributed by atoms with Crippen molar-refractivity contribution >= 4 is 11.8 Å². The first-order valence-electron chi connectivity index (χ1n) is 5.45. The van der Waals surface area contributed by atoms with Crippen molar-refractivity contribution in [3.8, 4) is 0 Å². The molecule has 0 heterocycles. The van der Waals surface area contributed by atoms with Crippen LogP contribution in [0.15, 0.2) is 24.3 Å². The maximum Gasteiger partial charge on any atom is 0.416 e. The summed E-state index contributed by atoms with van der Waals surface area (Å²) in [6, 6.07) is 4.88. The number of nitrogens with two attached hydrogens (primary N) is 1. The van der Waals surface area contributed by atoms with Gasteiger partial charge in [0.15, 0.2) is 0 Å². The van der Waals surface area contributed by atoms with Crippen molar-refractivity contribution in [3.63, 3.8) is 0 Å². The maximum absolute atomic E-state index is 12.3. The van der Waals surface area contributed by atoms with Gasteiger partial charge in [0.2, 0.25) is 0 Å². The molecule has 5 heteroatoms. The topological polar surface area (TPSA) is 26.0 Å². The molecule has 1 aromatic carbocycles. The smallest absolute Gasteiger partial charge is 0.323 e. The van der Waals surface area contributed by atoms with Crippen LogP contribution in [0.25, 0.3) is 0 Å². The lowest BCUT2D eigenvalue weighted by molar-refractivity contribution is -0.137. The van der Waals surface area contributed by atoms with Crippen molar-refractivity contribution in [1.29, 1.82) is 0 Å². The van der Waals surface area contributed by atoms with Crippen molar-refractivity contribution in [2.45, 2.75) is 25.6 Å². The summed E-state index contributed by atoms with van der Waals surface area (Å²) in [6.45, 7) is 2.08. The van der Waals surface area contributed by atoms with Crippen LogP contribution in [0.2, 0.25) is 0 Å². The fraction of sp³-hybridized carbons (Fsp3) is 0.500. The van der Waals surface area contributed by atoms with E-state index in [0.29, 0.717) is 0 Å². The van der Waals surface area contributed by atoms with Crippen molar-refractivity contribution in [1.82, 2.24) is 0 Å². The Labute approximate surface area is 104 Å². The molecule has 0 amide bonds. The molecule has 96 valence electrons. The number of hydrogen-bond acceptors (Lipinski definition) is 2. The molecule has 17 heavy (non-hydrogen) atoms. The molecule has 1 rings (SSSR count). The molecular weight excluding hydrogens is 247 g/mol. The minimum Gasteiger partial charge on any atom is -0.323 e. The average molecular weight is 263 g/mol. The Bertz CT molecular complexity index is 335. The molecule has 0 radical (unpaired) electrons. The summed E-state index contributed by atoms with van der Waals surface area (Å²) >= 11 is 1.72. The van der Waals surface area contributed by atoms with Gasteiger partial charge < -0.3 is 5.73 Å². The number of alkyl halides is 3. The first-order valence-corrected chi connectivity index (χ1v) is 6.61. The van der Waals surface area contributed by atoms with Crippen molar-refractivity contribution in [3.05, 3.63) is 35.4 Å². The quantitative estimate of drug-likeness (QED) is 0.817. The number of benzene rings is 1. The van der Waals surface area contributed by atoms with Gasteiger partial charge in [-0.05, 0) is 29.9 Å². The molecule has 0 saturated heterocycles. The van der Waals surface area contributed by atoms with E-state index >= 15 is 0 Å². The van der Waals surface area contributed by atoms with E-state index < -0.39 is 11.7 Å². The molecule has 0 aromatic heterocycles. The monoisotopic (exact) mass is 263 g/mol. The third-order valence-corrected chi connectivity index (χ3v) is 3.60. The zero-order valence-corrected chi connectivity index (χ0v) is 10.4. The SMILES string of the molecule is CCCSCC(N)c1ccc(C(F)(F)F)cc1. The Morgan fingerprint density at radius 3 is 2.29 bits per heavy atom. The van der Waals surface area contributed by atoms with Crippen LogP contribution >= 0.6 is 11.8 Å². The molecular formula is C12H16F3NS. The van der Waals surface area contributed by atoms with Gasteiger partial charge in [-0.15, -0.1) is 0 Å². The Morgan fingerprint density at radius 1 is 1.24 bits per heavy atom. The molecule has 0 bridgehead atoms. The number of halogens is 3. The molecule has 2 N–H and O–H groups in total. The fourth-order valence-corrected chi connectivity index (χ4v) is 2.27. The molecule has 1 unspecified atom stereocenters. The Morgan fingerprint density at radius 2 is 1.82 bits per heavy atom. The summed E-state index contributed by atoms with van der Waals surface area (Å²) in [5, 5.41) is 0. The van der Waals surface area contributed by atoms with E-state index in [-0.39, 0.29) is 6.04 Å². The second kappa shape index (κ2) is 6.31. The second-order valence-electron chi connectivity index (χ2n) is 3.80. The van der Waals surface area contributed by atoms with Crippen LogP contribution in [0.1, 0.15) is 30.5 Å². The van der Waals surface area contributed by atoms with Crippen LogP contribution in [0.3, 0.4) is 0 Å². The van der Waals surface area contributed by atoms with E-state index in [1.54, 1.807) is 11.8 Å². The summed E-state index contributed by atoms with van der Waals surface area (Å²) in [4.78, 5) is 0. The molecule has 1 atom stereocenters. The largest absolute Gasteiger partial charge is 0.416 e. The summed E-state index contributed by atoms with van der Waals surface area (Å²) in [5.74, 6) is 1.76. The van der Waals surface area contributed by atoms with Crippen LogP contribution in [0.4, 0.5) is 13.2 Å². The fourth-order valence-electron chi connectivity index (χ4n) is 1.37. The highest BCUT2D eigenvalue weighted by molar-refractivity contribution is 7.99. The van der Waals surface area contributed by atoms with E-state index in [1.807, 2.05) is 0 Å². The van der Waals surface area contributed by atoms with E-state index in [0.717, 1.165) is 35.6 Å². The van der Waals surface area contributed by atoms with E-state index in [9.17, 15) is 13.2 Å². The predicted molar refractivity (Wildman–Crippen MR) is 66.0 cm³/mol. The van der Waals surface area contributed by atoms with Crippen molar-refractivity contribution in [2.75, 3.05) is 11.5 Å². The van der Waals surface area contributed by atoms with Gasteiger partial charge in [0.1, 0.15) is 0 Å². The first kappa shape index (κ1) is 14.4. The number of rotatable bonds is 5. The molecule has 1 nitrogen and oxygen atoms in total. The van der Waals surface area contributed by atoms with Gasteiger partial charge in [-0.25, -0.2) is 0 Å². The van der Waals surface area contributed by atoms with Crippen LogP contribution in [-0.4, -0.2) is 11.5 Å². The minimum atomic E-state index is -4.28. The summed E-state index contributed by atoms with van der Waals surface area (Å²) in [6.07, 6.45) is -3.20. The summed E-state index contributed by atoms with van der Waals surface area (Å²) < 4.78 is 37.0. The zero-order chi connectivity index (χ0) is 12.9. The van der Waals surface area contributed by atoms with Gasteiger partial charge in [0.05, 0.1) is 5.56 Å². The average Bonchev–Trinajstić information content (AvgIpc) is 2.28. The Kier molecular flexibility index (Phi) is 5.33. The molecule has 0 saturated carbocycles. The molecule has 0 spiro atoms. The lowest BCUT2D eigenvalue weighted by Crippen LogP contribution is -2.14. The van der Waals surface area contributed by atoms with E-state index in [2.05, 4.69) is 6.92 Å². The van der Waals surface area contributed by atoms with Gasteiger partial charge in [0.25, 0.3) is 0 Å². The predicted octanol–water partition coefficient (Wildman–Crippen LogP) is 3.85. The van der Waals surface area contributed by atoms with Crippen LogP contribution < -0.4 is 5.73 Å². The minimum absolute atomic E-state index is 0.200. The van der Waals surface area contributed by atoms with Crippen molar-refractivity contribution in [2.24, 2.45) is 5.73 Å². The van der Waals surface area contributed by atoms with Crippen LogP contribution in [-0.2, 0) is 6.18 Å². The van der Waals surface area contributed by atoms with E-state index in [4.69, 9.17) is 5.73 Å². The van der Waals surface area contributed by atoms with Gasteiger partial charge >= 0.3 is 6.18 Å². The van der Waals surface area contributed by atoms with Crippen LogP contribution in [0, 0.1) is 0 Å². The first-order chi connectivity index (χ1) is 7.95. The zero-order valence-electron chi connectivity index (χ0n) is 9.63. The van der Waals surface area contributed by atoms with Crippen molar-refractivity contribution < 1.29 is 13.2 Å². The molecule has 0 fully saturated rings. The van der Waals surface area contributed by atoms with Gasteiger partial charge in [-0.1, -0.05) is 19.1 Å². The molecule has 1 aromatic rings. The van der Waals surface area contributed by atoms with E-state index in [1.165, 1.54) is 12.1 Å². The molecule has 0 aliphatic carbocycles. The third kappa shape index (κ3) is 4.60. The van der Waals surface area contributed by atoms with Gasteiger partial charge in [-0.3, -0.25) is 0 Å². The standard InChI is InChI=1S/C12H16F3NS/c1-2-7-17-8-11(16)9-3-5-10(6-4-9)12(13,14)15/h3-6,11H,2,7-8,16H2,1H3. The van der Waals surface area contributed by atoms with Crippen LogP contribution in [0.5, 0.6) is 0 Å². The number of hydrogen-bond donors (Lipinski definition) is 1. The third-order valence-electron chi connectivity index (χ3n) is 2.31. The summed E-state index contributed by atoms with van der Waals surface area (Å²) in [5.41, 5.74) is 6.01. The Hall–Kier alpha value is -0.680. The second-order valence-corrected chi connectivity index (χ2v) is 4.95. The Balaban J connectivity index is 2.61. The van der Waals surface area contributed by atoms with Gasteiger partial charge in [-0.2, -0.15) is 24.9 Å². The lowest BCUT2D eigenvalue weighted by Gasteiger charge is -2.13. The molecule has 0 aliphatic heterocycles. The lowest BCUT2D eigenvalue weighted by atomic mass is 10.1. The van der Waals surface area contributed by atoms with Gasteiger partial charge in [0, 0.05) is 11.8 Å². The maximum atomic E-state index is 12.3. The molecule has 0 aliphatic rings. The normalized spacial score (nSPS) is 13.7. The number of thioether (sulfide) groups is 1. The summed E-state index contributed by atoms with van der Waals surface area (Å²) in [7, 11) is 0.